The summed E-state index contributed by atoms with van der Waals surface area (Å²) < 4.78 is 0. The van der Waals surface area contributed by atoms with E-state index in [4.69, 9.17) is 0 Å². The second kappa shape index (κ2) is 17.9. The third-order valence-corrected chi connectivity index (χ3v) is 5.21. The Hall–Kier alpha value is -1.95. The highest BCUT2D eigenvalue weighted by Gasteiger charge is 2.24. The number of aliphatic hydroxyl groups excluding tert-OH is 1. The molecule has 0 saturated heterocycles. The van der Waals surface area contributed by atoms with Gasteiger partial charge in [-0.3, -0.25) is 9.59 Å². The van der Waals surface area contributed by atoms with Crippen molar-refractivity contribution in [2.45, 2.75) is 104 Å². The number of carbonyl (C=O) groups is 3. The van der Waals surface area contributed by atoms with Gasteiger partial charge in [-0.15, -0.1) is 0 Å². The van der Waals surface area contributed by atoms with E-state index in [1.165, 1.54) is 0 Å². The Bertz CT molecular complexity index is 556. The van der Waals surface area contributed by atoms with E-state index in [1.54, 1.807) is 0 Å². The van der Waals surface area contributed by atoms with E-state index in [9.17, 15) is 24.6 Å². The first-order valence-corrected chi connectivity index (χ1v) is 11.4. The molecule has 1 amide bonds. The van der Waals surface area contributed by atoms with Crippen molar-refractivity contribution in [1.29, 1.82) is 0 Å². The topological polar surface area (TPSA) is 104 Å². The van der Waals surface area contributed by atoms with Crippen LogP contribution in [0, 0.1) is 5.92 Å². The van der Waals surface area contributed by atoms with Crippen LogP contribution in [-0.2, 0) is 14.4 Å². The van der Waals surface area contributed by atoms with Gasteiger partial charge in [-0.1, -0.05) is 77.2 Å². The highest BCUT2D eigenvalue weighted by molar-refractivity contribution is 5.84. The summed E-state index contributed by atoms with van der Waals surface area (Å²) in [5.41, 5.74) is 0. The zero-order chi connectivity index (χ0) is 22.8. The first kappa shape index (κ1) is 28.1. The normalized spacial score (nSPS) is 14.7. The van der Waals surface area contributed by atoms with E-state index in [0.29, 0.717) is 25.7 Å². The summed E-state index contributed by atoms with van der Waals surface area (Å²) in [5.74, 6) is -1.46. The number of hydrogen-bond acceptors (Lipinski definition) is 4. The fourth-order valence-corrected chi connectivity index (χ4v) is 3.02. The fourth-order valence-electron chi connectivity index (χ4n) is 3.02. The maximum atomic E-state index is 11.9. The molecule has 0 bridgehead atoms. The summed E-state index contributed by atoms with van der Waals surface area (Å²) in [7, 11) is 0. The number of rotatable bonds is 18. The monoisotopic (exact) mass is 423 g/mol. The molecule has 172 valence electrons. The third kappa shape index (κ3) is 14.1. The van der Waals surface area contributed by atoms with Crippen LogP contribution in [0.4, 0.5) is 0 Å². The number of Topliss-reactive ketones (excluding diaryl/α,β-unsaturated/α-hetero) is 1. The van der Waals surface area contributed by atoms with Crippen molar-refractivity contribution in [3.63, 3.8) is 0 Å². The number of carbonyl (C=O) groups excluding carboxylic acids is 2. The van der Waals surface area contributed by atoms with E-state index in [-0.39, 0.29) is 24.0 Å². The molecule has 6 heteroatoms. The molecule has 0 aliphatic carbocycles. The predicted octanol–water partition coefficient (Wildman–Crippen LogP) is 4.57. The Morgan fingerprint density at radius 2 is 1.57 bits per heavy atom. The van der Waals surface area contributed by atoms with Crippen LogP contribution in [0.2, 0.25) is 0 Å². The lowest BCUT2D eigenvalue weighted by Crippen LogP contribution is -2.44. The van der Waals surface area contributed by atoms with Crippen LogP contribution < -0.4 is 5.32 Å². The number of carboxylic acid groups (broad SMARTS) is 1. The van der Waals surface area contributed by atoms with Gasteiger partial charge in [0.05, 0.1) is 0 Å². The molecule has 0 spiro atoms. The molecule has 0 rings (SSSR count). The summed E-state index contributed by atoms with van der Waals surface area (Å²) in [4.78, 5) is 35.0. The number of unbranched alkanes of at least 4 members (excludes halogenated alkanes) is 4. The minimum Gasteiger partial charge on any atom is -0.480 e. The molecule has 3 N–H and O–H groups in total. The summed E-state index contributed by atoms with van der Waals surface area (Å²) in [6.45, 7) is 5.79. The van der Waals surface area contributed by atoms with Crippen LogP contribution in [0.15, 0.2) is 24.3 Å². The SMILES string of the molecule is CC/C=C/C/C=C/CC(=O)C(O)CCCCCCCC(=O)NC(C(=O)O)C(C)CC. The summed E-state index contributed by atoms with van der Waals surface area (Å²) in [5, 5.41) is 21.7. The summed E-state index contributed by atoms with van der Waals surface area (Å²) in [6, 6.07) is -0.829. The first-order valence-electron chi connectivity index (χ1n) is 11.4. The van der Waals surface area contributed by atoms with Gasteiger partial charge in [0.2, 0.25) is 5.91 Å². The second-order valence-electron chi connectivity index (χ2n) is 7.85. The van der Waals surface area contributed by atoms with Crippen LogP contribution in [0.1, 0.15) is 91.4 Å². The number of ketones is 1. The molecule has 0 aromatic heterocycles. The van der Waals surface area contributed by atoms with Crippen LogP contribution in [0.25, 0.3) is 0 Å². The van der Waals surface area contributed by atoms with Gasteiger partial charge >= 0.3 is 5.97 Å². The van der Waals surface area contributed by atoms with Crippen LogP contribution in [-0.4, -0.2) is 40.0 Å². The summed E-state index contributed by atoms with van der Waals surface area (Å²) >= 11 is 0. The van der Waals surface area contributed by atoms with Gasteiger partial charge in [0.15, 0.2) is 5.78 Å². The Morgan fingerprint density at radius 1 is 0.933 bits per heavy atom. The molecular weight excluding hydrogens is 382 g/mol. The highest BCUT2D eigenvalue weighted by atomic mass is 16.4. The van der Waals surface area contributed by atoms with E-state index in [1.807, 2.05) is 26.0 Å². The molecule has 0 fully saturated rings. The molecule has 0 aromatic rings. The zero-order valence-electron chi connectivity index (χ0n) is 18.9. The summed E-state index contributed by atoms with van der Waals surface area (Å²) in [6.07, 6.45) is 14.7. The van der Waals surface area contributed by atoms with E-state index in [2.05, 4.69) is 24.4 Å². The van der Waals surface area contributed by atoms with Gasteiger partial charge < -0.3 is 15.5 Å². The molecule has 30 heavy (non-hydrogen) atoms. The minimum atomic E-state index is -0.991. The zero-order valence-corrected chi connectivity index (χ0v) is 18.9. The predicted molar refractivity (Wildman–Crippen MR) is 120 cm³/mol. The number of nitrogens with one attached hydrogen (secondary N) is 1. The molecule has 0 aliphatic rings. The standard InChI is InChI=1S/C24H41NO5/c1-4-6-7-8-10-13-16-20(26)21(27)17-14-11-9-12-15-18-22(28)25-23(24(29)30)19(3)5-2/h6-7,10,13,19,21,23,27H,4-5,8-9,11-12,14-18H2,1-3H3,(H,25,28)(H,29,30)/b7-6+,13-10+. The number of hydrogen-bond donors (Lipinski definition) is 3. The van der Waals surface area contributed by atoms with E-state index >= 15 is 0 Å². The van der Waals surface area contributed by atoms with Crippen molar-refractivity contribution in [2.75, 3.05) is 0 Å². The van der Waals surface area contributed by atoms with Crippen molar-refractivity contribution in [3.8, 4) is 0 Å². The second-order valence-corrected chi connectivity index (χ2v) is 7.85. The molecular formula is C24H41NO5. The average molecular weight is 424 g/mol. The molecule has 3 atom stereocenters. The Labute approximate surface area is 181 Å². The maximum Gasteiger partial charge on any atom is 0.326 e. The fraction of sp³-hybridized carbons (Fsp3) is 0.708. The lowest BCUT2D eigenvalue weighted by atomic mass is 9.99. The lowest BCUT2D eigenvalue weighted by Gasteiger charge is -2.20. The average Bonchev–Trinajstić information content (AvgIpc) is 2.72. The number of aliphatic hydroxyl groups is 1. The van der Waals surface area contributed by atoms with Crippen molar-refractivity contribution in [2.24, 2.45) is 5.92 Å². The van der Waals surface area contributed by atoms with Gasteiger partial charge in [-0.2, -0.15) is 0 Å². The van der Waals surface area contributed by atoms with Crippen molar-refractivity contribution >= 4 is 17.7 Å². The van der Waals surface area contributed by atoms with Crippen LogP contribution >= 0.6 is 0 Å². The Balaban J connectivity index is 3.83. The molecule has 0 saturated carbocycles. The quantitative estimate of drug-likeness (QED) is 0.221. The van der Waals surface area contributed by atoms with Gasteiger partial charge in [0, 0.05) is 12.8 Å². The van der Waals surface area contributed by atoms with Gasteiger partial charge in [-0.05, 0) is 31.6 Å². The number of allylic oxidation sites excluding steroid dienone is 4. The molecule has 0 heterocycles. The van der Waals surface area contributed by atoms with Crippen LogP contribution in [0.3, 0.4) is 0 Å². The van der Waals surface area contributed by atoms with Gasteiger partial charge in [0.25, 0.3) is 0 Å². The number of carboxylic acids is 1. The van der Waals surface area contributed by atoms with E-state index < -0.39 is 18.1 Å². The van der Waals surface area contributed by atoms with Crippen molar-refractivity contribution in [3.05, 3.63) is 24.3 Å². The number of amides is 1. The van der Waals surface area contributed by atoms with Crippen molar-refractivity contribution < 1.29 is 24.6 Å². The molecule has 3 unspecified atom stereocenters. The minimum absolute atomic E-state index is 0.103. The maximum absolute atomic E-state index is 11.9. The molecule has 0 radical (unpaired) electrons. The lowest BCUT2D eigenvalue weighted by molar-refractivity contribution is -0.143. The van der Waals surface area contributed by atoms with Crippen LogP contribution in [0.5, 0.6) is 0 Å². The smallest absolute Gasteiger partial charge is 0.326 e. The first-order chi connectivity index (χ1) is 14.3. The van der Waals surface area contributed by atoms with Gasteiger partial charge in [-0.25, -0.2) is 4.79 Å². The number of aliphatic carboxylic acids is 1. The molecule has 0 aliphatic heterocycles. The largest absolute Gasteiger partial charge is 0.480 e. The van der Waals surface area contributed by atoms with Gasteiger partial charge in [0.1, 0.15) is 12.1 Å². The highest BCUT2D eigenvalue weighted by Crippen LogP contribution is 2.12. The van der Waals surface area contributed by atoms with Crippen molar-refractivity contribution in [1.82, 2.24) is 5.32 Å². The van der Waals surface area contributed by atoms with E-state index in [0.717, 1.165) is 38.5 Å². The molecule has 0 aromatic carbocycles. The Kier molecular flexibility index (Phi) is 16.7. The Morgan fingerprint density at radius 3 is 2.20 bits per heavy atom. The third-order valence-electron chi connectivity index (χ3n) is 5.21. The molecule has 6 nitrogen and oxygen atoms in total.